The van der Waals surface area contributed by atoms with E-state index >= 15 is 0 Å². The van der Waals surface area contributed by atoms with Crippen molar-refractivity contribution in [1.82, 2.24) is 4.98 Å². The summed E-state index contributed by atoms with van der Waals surface area (Å²) in [7, 11) is 0. The molecule has 2 heterocycles. The van der Waals surface area contributed by atoms with E-state index in [-0.39, 0.29) is 5.38 Å². The van der Waals surface area contributed by atoms with Crippen LogP contribution in [0.5, 0.6) is 0 Å². The number of aromatic nitrogens is 1. The van der Waals surface area contributed by atoms with Gasteiger partial charge in [-0.1, -0.05) is 0 Å². The van der Waals surface area contributed by atoms with Crippen molar-refractivity contribution in [2.45, 2.75) is 24.6 Å². The van der Waals surface area contributed by atoms with E-state index in [4.69, 9.17) is 11.6 Å². The second kappa shape index (κ2) is 3.76. The Hall–Kier alpha value is -0.600. The Morgan fingerprint density at radius 3 is 3.13 bits per heavy atom. The molecule has 0 aliphatic heterocycles. The van der Waals surface area contributed by atoms with Crippen molar-refractivity contribution in [3.05, 3.63) is 29.4 Å². The van der Waals surface area contributed by atoms with Gasteiger partial charge in [0.15, 0.2) is 0 Å². The number of hydrogen-bond acceptors (Lipinski definition) is 2. The van der Waals surface area contributed by atoms with Gasteiger partial charge in [0.25, 0.3) is 0 Å². The van der Waals surface area contributed by atoms with Crippen molar-refractivity contribution < 1.29 is 0 Å². The second-order valence-corrected chi connectivity index (χ2v) is 5.66. The van der Waals surface area contributed by atoms with Crippen LogP contribution >= 0.6 is 22.9 Å². The van der Waals surface area contributed by atoms with Crippen LogP contribution in [0, 0.1) is 5.92 Å². The molecule has 1 fully saturated rings. The van der Waals surface area contributed by atoms with E-state index in [0.29, 0.717) is 0 Å². The summed E-state index contributed by atoms with van der Waals surface area (Å²) in [5.41, 5.74) is 1.17. The minimum absolute atomic E-state index is 0.281. The standard InChI is InChI=1S/C12H12ClNS/c13-10(8-1-2-8)7-11-9-4-6-15-12(9)3-5-14-11/h3-6,8,10H,1-2,7H2. The molecule has 0 radical (unpaired) electrons. The fraction of sp³-hybridized carbons (Fsp3) is 0.417. The number of halogens is 1. The Kier molecular flexibility index (Phi) is 2.41. The summed E-state index contributed by atoms with van der Waals surface area (Å²) in [6, 6.07) is 4.22. The molecule has 0 spiro atoms. The highest BCUT2D eigenvalue weighted by molar-refractivity contribution is 7.17. The Labute approximate surface area is 98.1 Å². The number of fused-ring (bicyclic) bond motifs is 1. The van der Waals surface area contributed by atoms with Gasteiger partial charge in [-0.3, -0.25) is 4.98 Å². The number of hydrogen-bond donors (Lipinski definition) is 0. The molecule has 3 rings (SSSR count). The van der Waals surface area contributed by atoms with Crippen molar-refractivity contribution in [1.29, 1.82) is 0 Å². The monoisotopic (exact) mass is 237 g/mol. The highest BCUT2D eigenvalue weighted by Crippen LogP contribution is 2.37. The first-order chi connectivity index (χ1) is 7.34. The van der Waals surface area contributed by atoms with Gasteiger partial charge in [0.2, 0.25) is 0 Å². The predicted molar refractivity (Wildman–Crippen MR) is 65.7 cm³/mol. The molecule has 1 aliphatic rings. The maximum atomic E-state index is 6.34. The van der Waals surface area contributed by atoms with Crippen LogP contribution in [-0.4, -0.2) is 10.4 Å². The second-order valence-electron chi connectivity index (χ2n) is 4.15. The van der Waals surface area contributed by atoms with E-state index in [2.05, 4.69) is 22.5 Å². The lowest BCUT2D eigenvalue weighted by Gasteiger charge is -2.07. The van der Waals surface area contributed by atoms with Crippen LogP contribution in [-0.2, 0) is 6.42 Å². The van der Waals surface area contributed by atoms with Crippen molar-refractivity contribution in [3.8, 4) is 0 Å². The topological polar surface area (TPSA) is 12.9 Å². The zero-order valence-electron chi connectivity index (χ0n) is 8.32. The van der Waals surface area contributed by atoms with Gasteiger partial charge >= 0.3 is 0 Å². The summed E-state index contributed by atoms with van der Waals surface area (Å²) < 4.78 is 1.32. The smallest absolute Gasteiger partial charge is 0.0505 e. The molecule has 1 saturated carbocycles. The number of rotatable bonds is 3. The van der Waals surface area contributed by atoms with Gasteiger partial charge in [-0.2, -0.15) is 0 Å². The molecule has 78 valence electrons. The van der Waals surface area contributed by atoms with Gasteiger partial charge in [0, 0.05) is 28.1 Å². The van der Waals surface area contributed by atoms with E-state index in [1.54, 1.807) is 11.3 Å². The molecular weight excluding hydrogens is 226 g/mol. The molecule has 15 heavy (non-hydrogen) atoms. The maximum absolute atomic E-state index is 6.34. The van der Waals surface area contributed by atoms with Crippen molar-refractivity contribution in [2.24, 2.45) is 5.92 Å². The molecule has 0 bridgehead atoms. The lowest BCUT2D eigenvalue weighted by Crippen LogP contribution is -2.07. The third kappa shape index (κ3) is 1.88. The van der Waals surface area contributed by atoms with Crippen molar-refractivity contribution in [3.63, 3.8) is 0 Å². The normalized spacial score (nSPS) is 18.2. The van der Waals surface area contributed by atoms with E-state index < -0.39 is 0 Å². The summed E-state index contributed by atoms with van der Waals surface area (Å²) >= 11 is 8.11. The van der Waals surface area contributed by atoms with Gasteiger partial charge in [-0.05, 0) is 36.3 Å². The quantitative estimate of drug-likeness (QED) is 0.739. The van der Waals surface area contributed by atoms with Crippen LogP contribution in [0.4, 0.5) is 0 Å². The molecule has 2 aromatic rings. The van der Waals surface area contributed by atoms with Gasteiger partial charge in [-0.15, -0.1) is 22.9 Å². The summed E-state index contributed by atoms with van der Waals surface area (Å²) in [4.78, 5) is 4.45. The fourth-order valence-electron chi connectivity index (χ4n) is 1.92. The van der Waals surface area contributed by atoms with Crippen LogP contribution < -0.4 is 0 Å². The first-order valence-electron chi connectivity index (χ1n) is 5.30. The summed E-state index contributed by atoms with van der Waals surface area (Å²) in [6.07, 6.45) is 5.41. The van der Waals surface area contributed by atoms with Crippen LogP contribution in [0.15, 0.2) is 23.7 Å². The van der Waals surface area contributed by atoms with Crippen molar-refractivity contribution >= 4 is 33.0 Å². The average molecular weight is 238 g/mol. The molecule has 0 saturated heterocycles. The maximum Gasteiger partial charge on any atom is 0.0505 e. The Bertz CT molecular complexity index is 475. The van der Waals surface area contributed by atoms with Gasteiger partial charge < -0.3 is 0 Å². The largest absolute Gasteiger partial charge is 0.261 e. The van der Waals surface area contributed by atoms with E-state index in [1.807, 2.05) is 6.20 Å². The Balaban J connectivity index is 1.92. The van der Waals surface area contributed by atoms with E-state index in [0.717, 1.165) is 12.3 Å². The van der Waals surface area contributed by atoms with Gasteiger partial charge in [0.1, 0.15) is 0 Å². The molecule has 1 nitrogen and oxygen atoms in total. The third-order valence-electron chi connectivity index (χ3n) is 2.98. The average Bonchev–Trinajstić information content (AvgIpc) is 2.97. The van der Waals surface area contributed by atoms with Gasteiger partial charge in [-0.25, -0.2) is 0 Å². The summed E-state index contributed by atoms with van der Waals surface area (Å²) in [5, 5.41) is 3.69. The van der Waals surface area contributed by atoms with E-state index in [1.165, 1.54) is 28.6 Å². The zero-order valence-corrected chi connectivity index (χ0v) is 9.89. The number of thiophene rings is 1. The van der Waals surface area contributed by atoms with Gasteiger partial charge in [0.05, 0.1) is 5.69 Å². The lowest BCUT2D eigenvalue weighted by atomic mass is 10.1. The van der Waals surface area contributed by atoms with E-state index in [9.17, 15) is 0 Å². The minimum Gasteiger partial charge on any atom is -0.261 e. The molecule has 1 atom stereocenters. The predicted octanol–water partition coefficient (Wildman–Crippen LogP) is 3.86. The lowest BCUT2D eigenvalue weighted by molar-refractivity contribution is 0.728. The molecule has 1 unspecified atom stereocenters. The minimum atomic E-state index is 0.281. The SMILES string of the molecule is ClC(Cc1nccc2sccc12)C1CC1. The first kappa shape index (κ1) is 9.61. The molecular formula is C12H12ClNS. The van der Waals surface area contributed by atoms with Crippen LogP contribution in [0.3, 0.4) is 0 Å². The molecule has 2 aromatic heterocycles. The molecule has 0 N–H and O–H groups in total. The zero-order chi connectivity index (χ0) is 10.3. The Morgan fingerprint density at radius 2 is 2.33 bits per heavy atom. The molecule has 1 aliphatic carbocycles. The first-order valence-corrected chi connectivity index (χ1v) is 6.61. The number of alkyl halides is 1. The summed E-state index contributed by atoms with van der Waals surface area (Å²) in [6.45, 7) is 0. The molecule has 0 amide bonds. The van der Waals surface area contributed by atoms with Crippen LogP contribution in [0.25, 0.3) is 10.1 Å². The Morgan fingerprint density at radius 1 is 1.47 bits per heavy atom. The number of nitrogens with zero attached hydrogens (tertiary/aromatic N) is 1. The highest BCUT2D eigenvalue weighted by atomic mass is 35.5. The third-order valence-corrected chi connectivity index (χ3v) is 4.38. The van der Waals surface area contributed by atoms with Crippen molar-refractivity contribution in [2.75, 3.05) is 0 Å². The molecule has 0 aromatic carbocycles. The van der Waals surface area contributed by atoms with Crippen LogP contribution in [0.2, 0.25) is 0 Å². The van der Waals surface area contributed by atoms with Crippen LogP contribution in [0.1, 0.15) is 18.5 Å². The molecule has 3 heteroatoms. The highest BCUT2D eigenvalue weighted by Gasteiger charge is 2.30. The fourth-order valence-corrected chi connectivity index (χ4v) is 3.13. The summed E-state index contributed by atoms with van der Waals surface area (Å²) in [5.74, 6) is 0.738. The number of pyridine rings is 1.